The van der Waals surface area contributed by atoms with Gasteiger partial charge >= 0.3 is 11.9 Å². The summed E-state index contributed by atoms with van der Waals surface area (Å²) < 4.78 is 37.9. The molecule has 2 aliphatic heterocycles. The fourth-order valence-corrected chi connectivity index (χ4v) is 4.99. The number of carboxylic acid groups (broad SMARTS) is 1. The molecule has 0 spiro atoms. The average molecular weight is 679 g/mol. The number of aliphatic carboxylic acids is 1. The number of carboxylic acids is 1. The molecule has 18 heteroatoms. The number of carbonyl (C=O) groups excluding carboxylic acids is 1. The Bertz CT molecular complexity index is 1200. The number of carbonyl (C=O) groups is 2. The Labute approximate surface area is 268 Å². The zero-order valence-corrected chi connectivity index (χ0v) is 25.8. The number of ether oxygens (including phenoxy) is 7. The first kappa shape index (κ1) is 38.3. The van der Waals surface area contributed by atoms with Crippen molar-refractivity contribution in [1.82, 2.24) is 0 Å². The quantitative estimate of drug-likeness (QED) is 0.0830. The summed E-state index contributed by atoms with van der Waals surface area (Å²) in [5.41, 5.74) is -1.32. The third-order valence-electron chi connectivity index (χ3n) is 7.51. The molecule has 9 N–H and O–H groups in total. The monoisotopic (exact) mass is 678 g/mol. The molecule has 1 aromatic rings. The van der Waals surface area contributed by atoms with E-state index in [2.05, 4.69) is 0 Å². The lowest BCUT2D eigenvalue weighted by Crippen LogP contribution is -2.60. The smallest absolute Gasteiger partial charge is 0.309 e. The summed E-state index contributed by atoms with van der Waals surface area (Å²) in [6, 6.07) is 3.00. The summed E-state index contributed by atoms with van der Waals surface area (Å²) in [5.74, 6) is -2.06. The molecule has 2 saturated heterocycles. The molecule has 1 unspecified atom stereocenters. The zero-order valence-electron chi connectivity index (χ0n) is 25.8. The van der Waals surface area contributed by atoms with Crippen molar-refractivity contribution in [1.29, 1.82) is 0 Å². The SMILES string of the molecule is COc1cc(/C=C/COC(=O)CC(C)(CC(=O)O)O[C@@H]2O[C@H](CO)[C@@H](O)[C@H](O)[C@H]2O)cc(OC)c1O[C@@H]1O[C@H](CO)[C@@H](O)[C@H](O)[C@H]1O. The molecule has 2 fully saturated rings. The second-order valence-corrected chi connectivity index (χ2v) is 11.2. The first-order valence-corrected chi connectivity index (χ1v) is 14.4. The molecule has 0 radical (unpaired) electrons. The molecule has 0 amide bonds. The summed E-state index contributed by atoms with van der Waals surface area (Å²) in [7, 11) is 2.65. The van der Waals surface area contributed by atoms with Crippen LogP contribution in [0.15, 0.2) is 18.2 Å². The summed E-state index contributed by atoms with van der Waals surface area (Å²) in [6.07, 6.45) is -14.3. The molecule has 11 atom stereocenters. The van der Waals surface area contributed by atoms with Gasteiger partial charge in [0.15, 0.2) is 17.8 Å². The number of aliphatic hydroxyl groups is 8. The van der Waals surface area contributed by atoms with Crippen LogP contribution in [0, 0.1) is 0 Å². The van der Waals surface area contributed by atoms with Gasteiger partial charge in [-0.1, -0.05) is 6.08 Å². The van der Waals surface area contributed by atoms with Crippen molar-refractivity contribution in [3.05, 3.63) is 23.8 Å². The van der Waals surface area contributed by atoms with Gasteiger partial charge in [0, 0.05) is 0 Å². The van der Waals surface area contributed by atoms with Crippen molar-refractivity contribution < 1.29 is 88.7 Å². The van der Waals surface area contributed by atoms with Gasteiger partial charge in [-0.2, -0.15) is 0 Å². The number of hydrogen-bond donors (Lipinski definition) is 9. The lowest BCUT2D eigenvalue weighted by molar-refractivity contribution is -0.325. The molecule has 3 rings (SSSR count). The van der Waals surface area contributed by atoms with Crippen LogP contribution in [-0.2, 0) is 28.5 Å². The van der Waals surface area contributed by atoms with Crippen molar-refractivity contribution in [2.24, 2.45) is 0 Å². The van der Waals surface area contributed by atoms with Crippen LogP contribution in [-0.4, -0.2) is 159 Å². The molecule has 0 aromatic heterocycles. The Morgan fingerprint density at radius 1 is 0.809 bits per heavy atom. The lowest BCUT2D eigenvalue weighted by Gasteiger charge is -2.42. The predicted octanol–water partition coefficient (Wildman–Crippen LogP) is -3.12. The summed E-state index contributed by atoms with van der Waals surface area (Å²) >= 11 is 0. The van der Waals surface area contributed by atoms with Gasteiger partial charge < -0.3 is 79.1 Å². The Kier molecular flexibility index (Phi) is 13.7. The van der Waals surface area contributed by atoms with Crippen LogP contribution >= 0.6 is 0 Å². The molecule has 0 saturated carbocycles. The van der Waals surface area contributed by atoms with Crippen molar-refractivity contribution in [3.8, 4) is 17.2 Å². The average Bonchev–Trinajstić information content (AvgIpc) is 3.03. The van der Waals surface area contributed by atoms with Gasteiger partial charge in [-0.05, 0) is 30.7 Å². The van der Waals surface area contributed by atoms with Gasteiger partial charge in [-0.15, -0.1) is 0 Å². The summed E-state index contributed by atoms with van der Waals surface area (Å²) in [5, 5.41) is 88.9. The topological polar surface area (TPSA) is 281 Å². The molecule has 1 aromatic carbocycles. The Balaban J connectivity index is 1.66. The standard InChI is InChI=1S/C29H42O18/c1-29(9-18(32)33,47-28-25(40)23(38)21(36)17(12-31)45-28)10-19(34)43-6-4-5-13-7-14(41-2)26(15(8-13)42-3)46-27-24(39)22(37)20(35)16(11-30)44-27/h4-5,7-8,16-17,20-25,27-28,30-31,35-40H,6,9-12H2,1-3H3,(H,32,33)/b5-4+/t16-,17-,20-,21-,22+,23+,24-,25-,27+,28+,29?/m1/s1. The van der Waals surface area contributed by atoms with E-state index in [1.165, 1.54) is 45.4 Å². The van der Waals surface area contributed by atoms with E-state index >= 15 is 0 Å². The van der Waals surface area contributed by atoms with E-state index in [1.807, 2.05) is 0 Å². The normalized spacial score (nSPS) is 32.4. The molecule has 2 heterocycles. The molecule has 266 valence electrons. The van der Waals surface area contributed by atoms with Crippen molar-refractivity contribution in [2.45, 2.75) is 86.8 Å². The van der Waals surface area contributed by atoms with Gasteiger partial charge in [0.05, 0.1) is 45.9 Å². The third-order valence-corrected chi connectivity index (χ3v) is 7.51. The van der Waals surface area contributed by atoms with Crippen LogP contribution in [0.25, 0.3) is 6.08 Å². The van der Waals surface area contributed by atoms with Gasteiger partial charge in [0.25, 0.3) is 0 Å². The number of hydrogen-bond acceptors (Lipinski definition) is 17. The minimum absolute atomic E-state index is 0.0278. The van der Waals surface area contributed by atoms with Gasteiger partial charge in [0.1, 0.15) is 55.4 Å². The fourth-order valence-electron chi connectivity index (χ4n) is 4.99. The van der Waals surface area contributed by atoms with E-state index in [9.17, 15) is 55.5 Å². The Morgan fingerprint density at radius 3 is 1.81 bits per heavy atom. The minimum atomic E-state index is -1.82. The minimum Gasteiger partial charge on any atom is -0.493 e. The highest BCUT2D eigenvalue weighted by Crippen LogP contribution is 2.41. The van der Waals surface area contributed by atoms with Gasteiger partial charge in [-0.3, -0.25) is 9.59 Å². The van der Waals surface area contributed by atoms with E-state index in [-0.39, 0.29) is 23.9 Å². The number of methoxy groups -OCH3 is 2. The van der Waals surface area contributed by atoms with Gasteiger partial charge in [-0.25, -0.2) is 0 Å². The van der Waals surface area contributed by atoms with E-state index < -0.39 is 105 Å². The summed E-state index contributed by atoms with van der Waals surface area (Å²) in [4.78, 5) is 24.2. The van der Waals surface area contributed by atoms with Crippen LogP contribution in [0.4, 0.5) is 0 Å². The van der Waals surface area contributed by atoms with Crippen molar-refractivity contribution >= 4 is 18.0 Å². The molecular formula is C29H42O18. The van der Waals surface area contributed by atoms with E-state index in [4.69, 9.17) is 33.2 Å². The molecular weight excluding hydrogens is 636 g/mol. The highest BCUT2D eigenvalue weighted by atomic mass is 16.7. The largest absolute Gasteiger partial charge is 0.493 e. The maximum Gasteiger partial charge on any atom is 0.309 e. The van der Waals surface area contributed by atoms with Crippen LogP contribution < -0.4 is 14.2 Å². The summed E-state index contributed by atoms with van der Waals surface area (Å²) in [6.45, 7) is -0.417. The fraction of sp³-hybridized carbons (Fsp3) is 0.655. The number of aliphatic hydroxyl groups excluding tert-OH is 8. The van der Waals surface area contributed by atoms with E-state index in [0.717, 1.165) is 0 Å². The van der Waals surface area contributed by atoms with E-state index in [0.29, 0.717) is 5.56 Å². The number of benzene rings is 1. The lowest BCUT2D eigenvalue weighted by atomic mass is 9.95. The first-order valence-electron chi connectivity index (χ1n) is 14.4. The highest BCUT2D eigenvalue weighted by Gasteiger charge is 2.48. The molecule has 18 nitrogen and oxygen atoms in total. The molecule has 2 aliphatic rings. The highest BCUT2D eigenvalue weighted by molar-refractivity contribution is 5.74. The maximum absolute atomic E-state index is 12.7. The van der Waals surface area contributed by atoms with E-state index in [1.54, 1.807) is 0 Å². The predicted molar refractivity (Wildman–Crippen MR) is 154 cm³/mol. The van der Waals surface area contributed by atoms with Crippen LogP contribution in [0.5, 0.6) is 17.2 Å². The molecule has 47 heavy (non-hydrogen) atoms. The Morgan fingerprint density at radius 2 is 1.32 bits per heavy atom. The third kappa shape index (κ3) is 9.48. The second-order valence-electron chi connectivity index (χ2n) is 11.2. The zero-order chi connectivity index (χ0) is 35.1. The number of esters is 1. The van der Waals surface area contributed by atoms with Crippen molar-refractivity contribution in [3.63, 3.8) is 0 Å². The Hall–Kier alpha value is -3.14. The van der Waals surface area contributed by atoms with Crippen LogP contribution in [0.1, 0.15) is 25.3 Å². The molecule has 0 aliphatic carbocycles. The maximum atomic E-state index is 12.7. The second kappa shape index (κ2) is 16.8. The molecule has 0 bridgehead atoms. The van der Waals surface area contributed by atoms with Crippen LogP contribution in [0.2, 0.25) is 0 Å². The van der Waals surface area contributed by atoms with Crippen LogP contribution in [0.3, 0.4) is 0 Å². The van der Waals surface area contributed by atoms with Crippen molar-refractivity contribution in [2.75, 3.05) is 34.0 Å². The first-order chi connectivity index (χ1) is 22.2. The number of rotatable bonds is 15. The van der Waals surface area contributed by atoms with Gasteiger partial charge in [0.2, 0.25) is 12.0 Å².